The maximum absolute atomic E-state index is 12.9. The summed E-state index contributed by atoms with van der Waals surface area (Å²) in [5.74, 6) is 0.382. The zero-order valence-corrected chi connectivity index (χ0v) is 15.9. The van der Waals surface area contributed by atoms with E-state index in [2.05, 4.69) is 5.10 Å². The van der Waals surface area contributed by atoms with Crippen molar-refractivity contribution in [3.05, 3.63) is 65.0 Å². The number of hydrogen-bond donors (Lipinski definition) is 0. The van der Waals surface area contributed by atoms with Crippen LogP contribution in [0.4, 0.5) is 0 Å². The molecule has 1 atom stereocenters. The summed E-state index contributed by atoms with van der Waals surface area (Å²) in [7, 11) is 0. The molecule has 0 N–H and O–H groups in total. The molecule has 0 bridgehead atoms. The Morgan fingerprint density at radius 2 is 1.66 bits per heavy atom. The van der Waals surface area contributed by atoms with Gasteiger partial charge in [0.05, 0.1) is 12.5 Å². The number of hydrogen-bond acceptors (Lipinski definition) is 6. The van der Waals surface area contributed by atoms with Crippen LogP contribution in [0.2, 0.25) is 0 Å². The van der Waals surface area contributed by atoms with E-state index in [1.807, 2.05) is 0 Å². The molecule has 3 aromatic rings. The minimum atomic E-state index is -0.773. The highest BCUT2D eigenvalue weighted by molar-refractivity contribution is 5.91. The first-order valence-corrected chi connectivity index (χ1v) is 9.30. The molecule has 9 nitrogen and oxygen atoms in total. The minimum absolute atomic E-state index is 0.195. The molecule has 4 heterocycles. The zero-order valence-electron chi connectivity index (χ0n) is 15.9. The first-order chi connectivity index (χ1) is 14.0. The number of carbonyl (C=O) groups is 2. The second-order valence-corrected chi connectivity index (χ2v) is 6.75. The van der Waals surface area contributed by atoms with Gasteiger partial charge in [-0.05, 0) is 37.3 Å². The number of nitrogens with zero attached hydrogens (tertiary/aromatic N) is 4. The molecule has 0 radical (unpaired) electrons. The summed E-state index contributed by atoms with van der Waals surface area (Å²) in [5, 5.41) is 4.29. The Kier molecular flexibility index (Phi) is 5.03. The molecule has 1 saturated heterocycles. The van der Waals surface area contributed by atoms with E-state index in [1.165, 1.54) is 23.3 Å². The van der Waals surface area contributed by atoms with Crippen LogP contribution >= 0.6 is 0 Å². The van der Waals surface area contributed by atoms with E-state index < -0.39 is 6.04 Å². The van der Waals surface area contributed by atoms with Gasteiger partial charge in [0, 0.05) is 32.2 Å². The van der Waals surface area contributed by atoms with Gasteiger partial charge in [0.2, 0.25) is 5.91 Å². The number of rotatable bonds is 4. The third-order valence-corrected chi connectivity index (χ3v) is 4.93. The summed E-state index contributed by atoms with van der Waals surface area (Å²) in [6.07, 6.45) is 2.97. The topological polar surface area (TPSA) is 102 Å². The van der Waals surface area contributed by atoms with Crippen molar-refractivity contribution in [1.29, 1.82) is 0 Å². The Balaban J connectivity index is 1.45. The van der Waals surface area contributed by atoms with E-state index in [1.54, 1.807) is 47.1 Å². The van der Waals surface area contributed by atoms with Crippen LogP contribution in [0, 0.1) is 0 Å². The van der Waals surface area contributed by atoms with Crippen LogP contribution in [0.15, 0.2) is 62.6 Å². The van der Waals surface area contributed by atoms with E-state index in [0.29, 0.717) is 37.6 Å². The summed E-state index contributed by atoms with van der Waals surface area (Å²) >= 11 is 0. The summed E-state index contributed by atoms with van der Waals surface area (Å²) in [6.45, 7) is 3.19. The first-order valence-electron chi connectivity index (χ1n) is 9.30. The third kappa shape index (κ3) is 3.71. The Hall–Kier alpha value is -3.62. The zero-order chi connectivity index (χ0) is 20.4. The van der Waals surface area contributed by atoms with Crippen molar-refractivity contribution in [2.75, 3.05) is 26.2 Å². The monoisotopic (exact) mass is 396 g/mol. The third-order valence-electron chi connectivity index (χ3n) is 4.93. The fraction of sp³-hybridized carbons (Fsp3) is 0.300. The van der Waals surface area contributed by atoms with Crippen LogP contribution in [-0.2, 0) is 4.79 Å². The summed E-state index contributed by atoms with van der Waals surface area (Å²) < 4.78 is 11.6. The Labute approximate surface area is 166 Å². The van der Waals surface area contributed by atoms with Crippen LogP contribution in [-0.4, -0.2) is 57.6 Å². The van der Waals surface area contributed by atoms with Crippen molar-refractivity contribution in [3.8, 4) is 11.5 Å². The molecule has 1 fully saturated rings. The molecule has 1 aliphatic rings. The highest BCUT2D eigenvalue weighted by Gasteiger charge is 2.29. The van der Waals surface area contributed by atoms with Crippen molar-refractivity contribution in [3.63, 3.8) is 0 Å². The molecule has 150 valence electrons. The van der Waals surface area contributed by atoms with Crippen LogP contribution in [0.3, 0.4) is 0 Å². The average Bonchev–Trinajstić information content (AvgIpc) is 3.47. The molecule has 9 heteroatoms. The SMILES string of the molecule is CC(C(=O)N1CCN(C(=O)c2ccco2)CC1)n1nc(-c2ccco2)ccc1=O. The van der Waals surface area contributed by atoms with Gasteiger partial charge in [0.25, 0.3) is 11.5 Å². The van der Waals surface area contributed by atoms with E-state index >= 15 is 0 Å². The highest BCUT2D eigenvalue weighted by atomic mass is 16.3. The normalized spacial score (nSPS) is 15.3. The van der Waals surface area contributed by atoms with Crippen LogP contribution in [0.25, 0.3) is 11.5 Å². The number of aromatic nitrogens is 2. The van der Waals surface area contributed by atoms with Crippen LogP contribution in [0.1, 0.15) is 23.5 Å². The standard InChI is InChI=1S/C20H20N4O5/c1-14(24-18(25)7-6-15(21-24)16-4-2-12-28-16)19(26)22-8-10-23(11-9-22)20(27)17-5-3-13-29-17/h2-7,12-14H,8-11H2,1H3. The van der Waals surface area contributed by atoms with Crippen LogP contribution in [0.5, 0.6) is 0 Å². The van der Waals surface area contributed by atoms with Gasteiger partial charge in [-0.2, -0.15) is 5.10 Å². The molecule has 2 amide bonds. The quantitative estimate of drug-likeness (QED) is 0.664. The molecule has 1 unspecified atom stereocenters. The Morgan fingerprint density at radius 3 is 2.31 bits per heavy atom. The maximum atomic E-state index is 12.9. The molecule has 0 spiro atoms. The van der Waals surface area contributed by atoms with E-state index in [-0.39, 0.29) is 23.1 Å². The second-order valence-electron chi connectivity index (χ2n) is 6.75. The lowest BCUT2D eigenvalue weighted by Crippen LogP contribution is -2.52. The lowest BCUT2D eigenvalue weighted by Gasteiger charge is -2.35. The molecular weight excluding hydrogens is 376 g/mol. The van der Waals surface area contributed by atoms with Crippen molar-refractivity contribution in [2.45, 2.75) is 13.0 Å². The van der Waals surface area contributed by atoms with Gasteiger partial charge in [0.15, 0.2) is 11.5 Å². The van der Waals surface area contributed by atoms with Crippen molar-refractivity contribution >= 4 is 11.8 Å². The van der Waals surface area contributed by atoms with Crippen LogP contribution < -0.4 is 5.56 Å². The molecule has 1 aliphatic heterocycles. The predicted molar refractivity (Wildman–Crippen MR) is 102 cm³/mol. The fourth-order valence-electron chi connectivity index (χ4n) is 3.31. The average molecular weight is 396 g/mol. The largest absolute Gasteiger partial charge is 0.463 e. The summed E-state index contributed by atoms with van der Waals surface area (Å²) in [5.41, 5.74) is 0.107. The van der Waals surface area contributed by atoms with E-state index in [9.17, 15) is 14.4 Å². The van der Waals surface area contributed by atoms with Crippen molar-refractivity contribution < 1.29 is 18.4 Å². The van der Waals surface area contributed by atoms with Gasteiger partial charge in [0.1, 0.15) is 11.7 Å². The maximum Gasteiger partial charge on any atom is 0.289 e. The van der Waals surface area contributed by atoms with Crippen molar-refractivity contribution in [1.82, 2.24) is 19.6 Å². The number of carbonyl (C=O) groups excluding carboxylic acids is 2. The minimum Gasteiger partial charge on any atom is -0.463 e. The first kappa shape index (κ1) is 18.7. The molecule has 0 aliphatic carbocycles. The van der Waals surface area contributed by atoms with E-state index in [0.717, 1.165) is 0 Å². The fourth-order valence-corrected chi connectivity index (χ4v) is 3.31. The Bertz CT molecular complexity index is 1050. The number of amides is 2. The smallest absolute Gasteiger partial charge is 0.289 e. The van der Waals surface area contributed by atoms with Gasteiger partial charge in [-0.25, -0.2) is 4.68 Å². The van der Waals surface area contributed by atoms with Gasteiger partial charge >= 0.3 is 0 Å². The lowest BCUT2D eigenvalue weighted by atomic mass is 10.2. The molecule has 4 rings (SSSR count). The number of piperazine rings is 1. The second kappa shape index (κ2) is 7.78. The van der Waals surface area contributed by atoms with E-state index in [4.69, 9.17) is 8.83 Å². The molecular formula is C20H20N4O5. The highest BCUT2D eigenvalue weighted by Crippen LogP contribution is 2.17. The molecule has 3 aromatic heterocycles. The summed E-state index contributed by atoms with van der Waals surface area (Å²) in [6, 6.07) is 8.90. The summed E-state index contributed by atoms with van der Waals surface area (Å²) in [4.78, 5) is 40.9. The molecule has 29 heavy (non-hydrogen) atoms. The van der Waals surface area contributed by atoms with Gasteiger partial charge in [-0.3, -0.25) is 14.4 Å². The molecule has 0 aromatic carbocycles. The Morgan fingerprint density at radius 1 is 0.966 bits per heavy atom. The lowest BCUT2D eigenvalue weighted by molar-refractivity contribution is -0.136. The van der Waals surface area contributed by atoms with Gasteiger partial charge < -0.3 is 18.6 Å². The number of furan rings is 2. The predicted octanol–water partition coefficient (Wildman–Crippen LogP) is 1.64. The molecule has 0 saturated carbocycles. The van der Waals surface area contributed by atoms with Gasteiger partial charge in [-0.15, -0.1) is 0 Å². The van der Waals surface area contributed by atoms with Gasteiger partial charge in [-0.1, -0.05) is 0 Å². The van der Waals surface area contributed by atoms with Crippen molar-refractivity contribution in [2.24, 2.45) is 0 Å².